The number of aromatic nitrogens is 3. The molecule has 2 aromatic heterocycles. The van der Waals surface area contributed by atoms with Gasteiger partial charge in [-0.25, -0.2) is 19.2 Å². The topological polar surface area (TPSA) is 158 Å². The number of nitrogens with zero attached hydrogens (tertiary/aromatic N) is 6. The minimum absolute atomic E-state index is 0.00474. The number of nitrogens with one attached hydrogen (secondary N) is 2. The Hall–Kier alpha value is -5.10. The summed E-state index contributed by atoms with van der Waals surface area (Å²) in [6.07, 6.45) is 1.83. The van der Waals surface area contributed by atoms with Crippen LogP contribution in [0.5, 0.6) is 0 Å². The molecule has 0 saturated heterocycles. The summed E-state index contributed by atoms with van der Waals surface area (Å²) in [5, 5.41) is 23.7. The maximum atomic E-state index is 15.2. The lowest BCUT2D eigenvalue weighted by Crippen LogP contribution is -2.44. The third kappa shape index (κ3) is 5.34. The van der Waals surface area contributed by atoms with Crippen LogP contribution >= 0.6 is 0 Å². The fraction of sp³-hybridized carbons (Fsp3) is 0.269. The quantitative estimate of drug-likeness (QED) is 0.540. The van der Waals surface area contributed by atoms with Crippen LogP contribution in [0, 0.1) is 28.5 Å². The van der Waals surface area contributed by atoms with E-state index < -0.39 is 29.0 Å². The van der Waals surface area contributed by atoms with Gasteiger partial charge in [0, 0.05) is 17.4 Å². The number of pyridine rings is 1. The van der Waals surface area contributed by atoms with Crippen LogP contribution in [-0.4, -0.2) is 38.0 Å². The Kier molecular flexibility index (Phi) is 6.66. The smallest absolute Gasteiger partial charge is 0.413 e. The number of imidazole rings is 1. The number of anilines is 1. The zero-order valence-corrected chi connectivity index (χ0v) is 21.0. The Bertz CT molecular complexity index is 1540. The van der Waals surface area contributed by atoms with E-state index >= 15 is 4.39 Å². The fourth-order valence-electron chi connectivity index (χ4n) is 3.89. The molecule has 0 spiro atoms. The first kappa shape index (κ1) is 26.0. The third-order valence-electron chi connectivity index (χ3n) is 5.56. The van der Waals surface area contributed by atoms with Crippen molar-refractivity contribution < 1.29 is 18.7 Å². The number of amidine groups is 1. The number of rotatable bonds is 3. The highest BCUT2D eigenvalue weighted by Gasteiger charge is 2.38. The van der Waals surface area contributed by atoms with Crippen LogP contribution in [0.2, 0.25) is 0 Å². The Morgan fingerprint density at radius 3 is 2.50 bits per heavy atom. The van der Waals surface area contributed by atoms with Gasteiger partial charge < -0.3 is 14.6 Å². The van der Waals surface area contributed by atoms with E-state index in [1.165, 1.54) is 47.3 Å². The number of alkyl carbamates (subject to hydrolysis) is 1. The van der Waals surface area contributed by atoms with Crippen LogP contribution in [0.3, 0.4) is 0 Å². The second-order valence-corrected chi connectivity index (χ2v) is 9.72. The highest BCUT2D eigenvalue weighted by Crippen LogP contribution is 2.35. The van der Waals surface area contributed by atoms with Crippen molar-refractivity contribution in [2.24, 2.45) is 4.99 Å². The van der Waals surface area contributed by atoms with Gasteiger partial charge in [0.1, 0.15) is 40.5 Å². The number of hydrogen-bond acceptors (Lipinski definition) is 8. The van der Waals surface area contributed by atoms with Crippen molar-refractivity contribution >= 4 is 23.5 Å². The van der Waals surface area contributed by atoms with Gasteiger partial charge in [0.15, 0.2) is 11.7 Å². The van der Waals surface area contributed by atoms with Crippen molar-refractivity contribution in [3.63, 3.8) is 0 Å². The highest BCUT2D eigenvalue weighted by molar-refractivity contribution is 6.05. The summed E-state index contributed by atoms with van der Waals surface area (Å²) in [5.41, 5.74) is -1.13. The summed E-state index contributed by atoms with van der Waals surface area (Å²) in [5.74, 6) is -0.934. The first-order chi connectivity index (χ1) is 17.9. The molecular weight excluding hydrogens is 491 g/mol. The standard InChI is InChI=1S/C26H23FN8O3/c1-25(2,3)38-24(37)33-21-22-31-13-17(11-29)35(22)14-26(4,34-21)18-9-16(6-7-19(18)27)32-23(36)20-8-5-15(10-28)12-30-20/h5-9,12-13H,14H2,1-4H3,(H,32,36)(H,33,34,37)/t26-/m0/s1. The maximum Gasteiger partial charge on any atom is 0.413 e. The summed E-state index contributed by atoms with van der Waals surface area (Å²) in [6, 6.07) is 10.8. The van der Waals surface area contributed by atoms with Gasteiger partial charge in [-0.05, 0) is 58.0 Å². The second kappa shape index (κ2) is 9.75. The number of hydrogen-bond donors (Lipinski definition) is 2. The molecule has 3 aromatic rings. The number of benzene rings is 1. The summed E-state index contributed by atoms with van der Waals surface area (Å²) in [7, 11) is 0. The van der Waals surface area contributed by atoms with Gasteiger partial charge in [0.25, 0.3) is 5.91 Å². The molecule has 0 fully saturated rings. The monoisotopic (exact) mass is 514 g/mol. The maximum absolute atomic E-state index is 15.2. The SMILES string of the molecule is CC(C)(C)OC(=O)NC1=N[C@](C)(c2cc(NC(=O)c3ccc(C#N)cn3)ccc2F)Cn2c(C#N)cnc21. The molecule has 12 heteroatoms. The Morgan fingerprint density at radius 2 is 1.87 bits per heavy atom. The van der Waals surface area contributed by atoms with E-state index in [9.17, 15) is 14.9 Å². The summed E-state index contributed by atoms with van der Waals surface area (Å²) in [4.78, 5) is 38.0. The minimum Gasteiger partial charge on any atom is -0.444 e. The number of halogens is 1. The van der Waals surface area contributed by atoms with E-state index in [0.29, 0.717) is 5.56 Å². The normalized spacial score (nSPS) is 16.3. The Balaban J connectivity index is 1.70. The molecule has 0 aliphatic carbocycles. The molecule has 4 rings (SSSR count). The van der Waals surface area contributed by atoms with Gasteiger partial charge in [-0.3, -0.25) is 15.1 Å². The summed E-state index contributed by atoms with van der Waals surface area (Å²) < 4.78 is 22.1. The molecule has 2 amide bonds. The Labute approximate surface area is 217 Å². The Morgan fingerprint density at radius 1 is 1.11 bits per heavy atom. The molecule has 1 atom stereocenters. The van der Waals surface area contributed by atoms with Crippen LogP contribution in [0.4, 0.5) is 14.9 Å². The van der Waals surface area contributed by atoms with Crippen molar-refractivity contribution in [3.8, 4) is 12.1 Å². The number of carbonyl (C=O) groups excluding carboxylic acids is 2. The fourth-order valence-corrected chi connectivity index (χ4v) is 3.89. The van der Waals surface area contributed by atoms with Crippen LogP contribution in [-0.2, 0) is 16.8 Å². The molecule has 38 heavy (non-hydrogen) atoms. The van der Waals surface area contributed by atoms with Crippen LogP contribution in [0.15, 0.2) is 47.7 Å². The van der Waals surface area contributed by atoms with Gasteiger partial charge in [-0.1, -0.05) is 0 Å². The van der Waals surface area contributed by atoms with E-state index in [-0.39, 0.29) is 40.8 Å². The molecule has 2 N–H and O–H groups in total. The van der Waals surface area contributed by atoms with Gasteiger partial charge in [-0.15, -0.1) is 0 Å². The van der Waals surface area contributed by atoms with Crippen molar-refractivity contribution in [3.05, 3.63) is 76.9 Å². The number of ether oxygens (including phenoxy) is 1. The number of amides is 2. The van der Waals surface area contributed by atoms with Crippen LogP contribution in [0.1, 0.15) is 60.8 Å². The van der Waals surface area contributed by atoms with Crippen LogP contribution in [0.25, 0.3) is 0 Å². The molecular formula is C26H23FN8O3. The molecule has 1 aromatic carbocycles. The largest absolute Gasteiger partial charge is 0.444 e. The third-order valence-corrected chi connectivity index (χ3v) is 5.56. The summed E-state index contributed by atoms with van der Waals surface area (Å²) in [6.45, 7) is 6.79. The number of nitriles is 2. The van der Waals surface area contributed by atoms with Crippen molar-refractivity contribution in [1.29, 1.82) is 10.5 Å². The molecule has 1 aliphatic heterocycles. The molecule has 3 heterocycles. The van der Waals surface area contributed by atoms with Gasteiger partial charge in [0.2, 0.25) is 0 Å². The van der Waals surface area contributed by atoms with Gasteiger partial charge >= 0.3 is 6.09 Å². The number of fused-ring (bicyclic) bond motifs is 1. The van der Waals surface area contributed by atoms with E-state index in [4.69, 9.17) is 10.00 Å². The van der Waals surface area contributed by atoms with E-state index in [1.54, 1.807) is 27.7 Å². The summed E-state index contributed by atoms with van der Waals surface area (Å²) >= 11 is 0. The van der Waals surface area contributed by atoms with E-state index in [1.807, 2.05) is 12.1 Å². The zero-order chi connectivity index (χ0) is 27.7. The molecule has 192 valence electrons. The average molecular weight is 515 g/mol. The number of carbonyl (C=O) groups is 2. The van der Waals surface area contributed by atoms with Crippen LogP contribution < -0.4 is 10.6 Å². The molecule has 0 bridgehead atoms. The lowest BCUT2D eigenvalue weighted by Gasteiger charge is -2.33. The van der Waals surface area contributed by atoms with Gasteiger partial charge in [0.05, 0.1) is 18.3 Å². The average Bonchev–Trinajstić information content (AvgIpc) is 3.26. The van der Waals surface area contributed by atoms with E-state index in [2.05, 4.69) is 25.6 Å². The first-order valence-corrected chi connectivity index (χ1v) is 11.5. The first-order valence-electron chi connectivity index (χ1n) is 11.5. The highest BCUT2D eigenvalue weighted by atomic mass is 19.1. The zero-order valence-electron chi connectivity index (χ0n) is 21.0. The predicted molar refractivity (Wildman–Crippen MR) is 134 cm³/mol. The van der Waals surface area contributed by atoms with Crippen molar-refractivity contribution in [1.82, 2.24) is 19.9 Å². The molecule has 0 radical (unpaired) electrons. The van der Waals surface area contributed by atoms with Crippen molar-refractivity contribution in [2.45, 2.75) is 45.4 Å². The predicted octanol–water partition coefficient (Wildman–Crippen LogP) is 3.61. The van der Waals surface area contributed by atoms with Gasteiger partial charge in [-0.2, -0.15) is 10.5 Å². The van der Waals surface area contributed by atoms with E-state index in [0.717, 1.165) is 0 Å². The van der Waals surface area contributed by atoms with Crippen molar-refractivity contribution in [2.75, 3.05) is 5.32 Å². The second-order valence-electron chi connectivity index (χ2n) is 9.72. The molecule has 0 saturated carbocycles. The minimum atomic E-state index is -1.30. The molecule has 1 aliphatic rings. The lowest BCUT2D eigenvalue weighted by molar-refractivity contribution is 0.0562. The molecule has 0 unspecified atom stereocenters. The lowest BCUT2D eigenvalue weighted by atomic mass is 9.90. The molecule has 11 nitrogen and oxygen atoms in total. The number of aliphatic imine (C=N–C) groups is 1.